The highest BCUT2D eigenvalue weighted by Crippen LogP contribution is 2.26. The van der Waals surface area contributed by atoms with Gasteiger partial charge in [-0.05, 0) is 56.2 Å². The Kier molecular flexibility index (Phi) is 5.59. The van der Waals surface area contributed by atoms with Crippen LogP contribution in [0.1, 0.15) is 44.1 Å². The Hall–Kier alpha value is -1.66. The molecule has 136 valence electrons. The van der Waals surface area contributed by atoms with E-state index in [1.165, 1.54) is 0 Å². The van der Waals surface area contributed by atoms with Crippen LogP contribution in [0, 0.1) is 12.8 Å². The van der Waals surface area contributed by atoms with Gasteiger partial charge in [0.1, 0.15) is 0 Å². The minimum absolute atomic E-state index is 0.0628. The Balaban J connectivity index is 1.75. The van der Waals surface area contributed by atoms with Crippen molar-refractivity contribution < 1.29 is 13.2 Å². The van der Waals surface area contributed by atoms with E-state index in [-0.39, 0.29) is 10.8 Å². The third-order valence-electron chi connectivity index (χ3n) is 5.00. The summed E-state index contributed by atoms with van der Waals surface area (Å²) in [5.74, 6) is 0.229. The lowest BCUT2D eigenvalue weighted by Gasteiger charge is -2.26. The summed E-state index contributed by atoms with van der Waals surface area (Å²) in [5.41, 5.74) is 1.46. The first-order chi connectivity index (χ1) is 12.0. The highest BCUT2D eigenvalue weighted by molar-refractivity contribution is 7.89. The molecular formula is C19H26N2O3S. The van der Waals surface area contributed by atoms with Gasteiger partial charge in [0.15, 0.2) is 0 Å². The maximum absolute atomic E-state index is 12.8. The highest BCUT2D eigenvalue weighted by Gasteiger charge is 2.26. The smallest absolute Gasteiger partial charge is 0.243 e. The minimum atomic E-state index is -3.49. The fraction of sp³-hybridized carbons (Fsp3) is 0.526. The Morgan fingerprint density at radius 3 is 2.68 bits per heavy atom. The molecule has 3 rings (SSSR count). The molecule has 1 N–H and O–H groups in total. The van der Waals surface area contributed by atoms with Crippen molar-refractivity contribution in [1.29, 1.82) is 0 Å². The van der Waals surface area contributed by atoms with Gasteiger partial charge in [-0.2, -0.15) is 4.31 Å². The quantitative estimate of drug-likeness (QED) is 0.816. The van der Waals surface area contributed by atoms with E-state index in [9.17, 15) is 13.2 Å². The third kappa shape index (κ3) is 4.30. The van der Waals surface area contributed by atoms with Crippen LogP contribution in [-0.2, 0) is 14.8 Å². The number of sulfonamides is 1. The second-order valence-corrected chi connectivity index (χ2v) is 8.90. The van der Waals surface area contributed by atoms with Crippen molar-refractivity contribution in [3.8, 4) is 0 Å². The number of allylic oxidation sites excluding steroid dienone is 2. The van der Waals surface area contributed by atoms with E-state index in [1.54, 1.807) is 22.5 Å². The summed E-state index contributed by atoms with van der Waals surface area (Å²) in [4.78, 5) is 12.5. The average molecular weight is 362 g/mol. The molecule has 1 aromatic carbocycles. The van der Waals surface area contributed by atoms with Gasteiger partial charge >= 0.3 is 0 Å². The molecule has 1 atom stereocenters. The van der Waals surface area contributed by atoms with Gasteiger partial charge in [-0.15, -0.1) is 0 Å². The number of anilines is 1. The van der Waals surface area contributed by atoms with Gasteiger partial charge in [-0.25, -0.2) is 8.42 Å². The number of hydrogen-bond acceptors (Lipinski definition) is 3. The van der Waals surface area contributed by atoms with E-state index in [1.807, 2.05) is 6.92 Å². The third-order valence-corrected chi connectivity index (χ3v) is 6.89. The number of benzene rings is 1. The summed E-state index contributed by atoms with van der Waals surface area (Å²) in [5, 5.41) is 2.90. The molecule has 1 aliphatic carbocycles. The molecule has 25 heavy (non-hydrogen) atoms. The predicted molar refractivity (Wildman–Crippen MR) is 98.9 cm³/mol. The number of rotatable bonds is 5. The van der Waals surface area contributed by atoms with Gasteiger partial charge in [0.2, 0.25) is 15.9 Å². The van der Waals surface area contributed by atoms with Gasteiger partial charge in [0.25, 0.3) is 0 Å². The molecule has 6 heteroatoms. The maximum atomic E-state index is 12.8. The van der Waals surface area contributed by atoms with Gasteiger partial charge in [0, 0.05) is 25.2 Å². The lowest BCUT2D eigenvalue weighted by Crippen LogP contribution is -2.35. The first-order valence-electron chi connectivity index (χ1n) is 9.04. The van der Waals surface area contributed by atoms with Crippen LogP contribution in [-0.4, -0.2) is 31.7 Å². The number of amides is 1. The molecule has 0 radical (unpaired) electrons. The van der Waals surface area contributed by atoms with Gasteiger partial charge in [-0.3, -0.25) is 4.79 Å². The van der Waals surface area contributed by atoms with Gasteiger partial charge in [-0.1, -0.05) is 24.6 Å². The molecule has 1 aromatic rings. The molecule has 0 aromatic heterocycles. The van der Waals surface area contributed by atoms with Crippen molar-refractivity contribution >= 4 is 21.6 Å². The number of nitrogens with zero attached hydrogens (tertiary/aromatic N) is 1. The number of hydrogen-bond donors (Lipinski definition) is 1. The molecule has 0 spiro atoms. The van der Waals surface area contributed by atoms with Crippen molar-refractivity contribution in [2.45, 2.75) is 50.3 Å². The largest absolute Gasteiger partial charge is 0.326 e. The first-order valence-corrected chi connectivity index (χ1v) is 10.5. The zero-order chi connectivity index (χ0) is 17.9. The summed E-state index contributed by atoms with van der Waals surface area (Å²) in [6, 6.07) is 5.00. The van der Waals surface area contributed by atoms with Crippen LogP contribution in [0.3, 0.4) is 0 Å². The fourth-order valence-corrected chi connectivity index (χ4v) is 5.00. The summed E-state index contributed by atoms with van der Waals surface area (Å²) < 4.78 is 27.2. The van der Waals surface area contributed by atoms with Crippen LogP contribution in [0.5, 0.6) is 0 Å². The molecular weight excluding hydrogens is 336 g/mol. The van der Waals surface area contributed by atoms with Crippen LogP contribution in [0.2, 0.25) is 0 Å². The number of piperidine rings is 1. The Morgan fingerprint density at radius 2 is 2.00 bits per heavy atom. The molecule has 1 saturated heterocycles. The van der Waals surface area contributed by atoms with E-state index in [2.05, 4.69) is 17.5 Å². The molecule has 2 aliphatic rings. The lowest BCUT2D eigenvalue weighted by molar-refractivity contribution is -0.116. The normalized spacial score (nSPS) is 21.4. The predicted octanol–water partition coefficient (Wildman–Crippen LogP) is 3.46. The molecule has 5 nitrogen and oxygen atoms in total. The summed E-state index contributed by atoms with van der Waals surface area (Å²) in [7, 11) is -3.49. The van der Waals surface area contributed by atoms with Crippen molar-refractivity contribution in [2.75, 3.05) is 18.4 Å². The van der Waals surface area contributed by atoms with Crippen LogP contribution in [0.4, 0.5) is 5.69 Å². The monoisotopic (exact) mass is 362 g/mol. The van der Waals surface area contributed by atoms with Crippen molar-refractivity contribution in [3.63, 3.8) is 0 Å². The van der Waals surface area contributed by atoms with Crippen LogP contribution < -0.4 is 5.32 Å². The topological polar surface area (TPSA) is 66.5 Å². The van der Waals surface area contributed by atoms with Crippen LogP contribution in [0.25, 0.3) is 0 Å². The van der Waals surface area contributed by atoms with Crippen molar-refractivity contribution in [3.05, 3.63) is 35.9 Å². The van der Waals surface area contributed by atoms with Crippen LogP contribution >= 0.6 is 0 Å². The van der Waals surface area contributed by atoms with Gasteiger partial charge in [0.05, 0.1) is 4.90 Å². The molecule has 1 amide bonds. The second-order valence-electron chi connectivity index (χ2n) is 6.96. The SMILES string of the molecule is Cc1ccc(S(=O)(=O)N2CCCCC2)cc1NC(=O)C[C@@H]1C=CCC1. The molecule has 0 saturated carbocycles. The average Bonchev–Trinajstić information content (AvgIpc) is 3.10. The van der Waals surface area contributed by atoms with Crippen molar-refractivity contribution in [2.24, 2.45) is 5.92 Å². The minimum Gasteiger partial charge on any atom is -0.326 e. The molecule has 1 heterocycles. The number of carbonyl (C=O) groups is 1. The number of nitrogens with one attached hydrogen (secondary N) is 1. The zero-order valence-corrected chi connectivity index (χ0v) is 15.5. The number of carbonyl (C=O) groups excluding carboxylic acids is 1. The summed E-state index contributed by atoms with van der Waals surface area (Å²) in [6.45, 7) is 3.03. The Bertz CT molecular complexity index is 765. The molecule has 0 unspecified atom stereocenters. The van der Waals surface area contributed by atoms with E-state index in [0.717, 1.165) is 37.7 Å². The summed E-state index contributed by atoms with van der Waals surface area (Å²) >= 11 is 0. The lowest BCUT2D eigenvalue weighted by atomic mass is 10.0. The zero-order valence-electron chi connectivity index (χ0n) is 14.7. The highest BCUT2D eigenvalue weighted by atomic mass is 32.2. The van der Waals surface area contributed by atoms with E-state index in [0.29, 0.717) is 31.1 Å². The van der Waals surface area contributed by atoms with Crippen LogP contribution in [0.15, 0.2) is 35.2 Å². The van der Waals surface area contributed by atoms with Crippen molar-refractivity contribution in [1.82, 2.24) is 4.31 Å². The fourth-order valence-electron chi connectivity index (χ4n) is 3.46. The Morgan fingerprint density at radius 1 is 1.24 bits per heavy atom. The summed E-state index contributed by atoms with van der Waals surface area (Å²) in [6.07, 6.45) is 9.57. The van der Waals surface area contributed by atoms with E-state index >= 15 is 0 Å². The van der Waals surface area contributed by atoms with E-state index in [4.69, 9.17) is 0 Å². The maximum Gasteiger partial charge on any atom is 0.243 e. The standard InChI is InChI=1S/C19H26N2O3S/c1-15-9-10-17(25(23,24)21-11-5-2-6-12-21)14-18(15)20-19(22)13-16-7-3-4-8-16/h3,7,9-10,14,16H,2,4-6,8,11-13H2,1H3,(H,20,22)/t16-/m1/s1. The van der Waals surface area contributed by atoms with Gasteiger partial charge < -0.3 is 5.32 Å². The van der Waals surface area contributed by atoms with E-state index < -0.39 is 10.0 Å². The molecule has 0 bridgehead atoms. The number of aryl methyl sites for hydroxylation is 1. The molecule has 1 aliphatic heterocycles. The first kappa shape index (κ1) is 18.1. The molecule has 1 fully saturated rings. The second kappa shape index (κ2) is 7.70. The Labute approximate surface area is 150 Å².